The van der Waals surface area contributed by atoms with Crippen LogP contribution in [-0.2, 0) is 6.54 Å². The van der Waals surface area contributed by atoms with E-state index in [9.17, 15) is 0 Å². The molecule has 2 nitrogen and oxygen atoms in total. The van der Waals surface area contributed by atoms with E-state index in [2.05, 4.69) is 128 Å². The first-order valence-electron chi connectivity index (χ1n) is 13.6. The molecule has 0 unspecified atom stereocenters. The van der Waals surface area contributed by atoms with Gasteiger partial charge in [-0.25, -0.2) is 0 Å². The number of hydrogen-bond donors (Lipinski definition) is 0. The number of halogens is 1. The van der Waals surface area contributed by atoms with E-state index in [-0.39, 0.29) is 29.4 Å². The van der Waals surface area contributed by atoms with Gasteiger partial charge in [-0.2, -0.15) is 4.57 Å². The summed E-state index contributed by atoms with van der Waals surface area (Å²) in [6, 6.07) is 22.0. The Morgan fingerprint density at radius 3 is 2.59 bits per heavy atom. The molecule has 39 heavy (non-hydrogen) atoms. The Labute approximate surface area is 257 Å². The molecule has 0 saturated carbocycles. The Morgan fingerprint density at radius 2 is 1.77 bits per heavy atom. The fourth-order valence-corrected chi connectivity index (χ4v) is 8.28. The van der Waals surface area contributed by atoms with Crippen molar-refractivity contribution in [3.63, 3.8) is 0 Å². The van der Waals surface area contributed by atoms with E-state index >= 15 is 0 Å². The molecule has 200 valence electrons. The number of fused-ring (bicyclic) bond motifs is 4. The number of hydrogen-bond acceptors (Lipinski definition) is 3. The minimum Gasteiger partial charge on any atom is -1.00 e. The van der Waals surface area contributed by atoms with Gasteiger partial charge in [-0.1, -0.05) is 91.6 Å². The van der Waals surface area contributed by atoms with E-state index in [1.807, 2.05) is 23.1 Å². The number of aryl methyl sites for hydroxylation is 1. The van der Waals surface area contributed by atoms with Crippen molar-refractivity contribution in [2.75, 3.05) is 11.4 Å². The Balaban J connectivity index is 0.00000308. The van der Waals surface area contributed by atoms with Crippen LogP contribution in [0.25, 0.3) is 27.1 Å². The number of aromatic nitrogens is 1. The Kier molecular flexibility index (Phi) is 8.41. The number of thiazole rings is 1. The van der Waals surface area contributed by atoms with Gasteiger partial charge in [-0.05, 0) is 79.0 Å². The van der Waals surface area contributed by atoms with Crippen molar-refractivity contribution < 1.29 is 28.5 Å². The van der Waals surface area contributed by atoms with Crippen molar-refractivity contribution in [3.8, 4) is 0 Å². The van der Waals surface area contributed by atoms with Crippen LogP contribution >= 0.6 is 23.1 Å². The second-order valence-corrected chi connectivity index (χ2v) is 13.1. The largest absolute Gasteiger partial charge is 1.00 e. The molecule has 0 radical (unpaired) electrons. The smallest absolute Gasteiger partial charge is 0.263 e. The lowest BCUT2D eigenvalue weighted by molar-refractivity contribution is -0.664. The van der Waals surface area contributed by atoms with Gasteiger partial charge in [0.2, 0.25) is 5.52 Å². The third-order valence-corrected chi connectivity index (χ3v) is 9.70. The molecule has 6 rings (SSSR count). The van der Waals surface area contributed by atoms with Crippen LogP contribution in [0.3, 0.4) is 0 Å². The van der Waals surface area contributed by atoms with Crippen LogP contribution < -0.4 is 33.4 Å². The molecule has 0 N–H and O–H groups in total. The van der Waals surface area contributed by atoms with Gasteiger partial charge in [0, 0.05) is 17.5 Å². The summed E-state index contributed by atoms with van der Waals surface area (Å²) in [5, 5.41) is 5.30. The molecule has 0 bridgehead atoms. The maximum Gasteiger partial charge on any atom is 0.263 e. The van der Waals surface area contributed by atoms with Gasteiger partial charge in [0.1, 0.15) is 11.2 Å². The average molecular weight is 663 g/mol. The fraction of sp³-hybridized carbons (Fsp3) is 0.265. The first-order valence-corrected chi connectivity index (χ1v) is 15.3. The zero-order chi connectivity index (χ0) is 26.3. The first-order chi connectivity index (χ1) is 18.5. The second kappa shape index (κ2) is 11.6. The standard InChI is InChI=1S/C34H35N2S2.HI/c1-5-35-28-15-9-10-16-29(28)37-31(35)17-11-12-24-20-25(23-34(3,4)22-24)21-32-36(6-2)33-27-14-8-7-13-26(27)18-19-30(33)38-32;/h7-21H,5-6,22-23H2,1-4H3;1H/q+1;/p-1. The van der Waals surface area contributed by atoms with Crippen LogP contribution in [0.1, 0.15) is 45.5 Å². The minimum absolute atomic E-state index is 0. The van der Waals surface area contributed by atoms with Crippen LogP contribution in [0.5, 0.6) is 0 Å². The number of anilines is 1. The van der Waals surface area contributed by atoms with Crippen LogP contribution in [0.4, 0.5) is 5.69 Å². The van der Waals surface area contributed by atoms with Gasteiger partial charge in [-0.15, -0.1) is 0 Å². The summed E-state index contributed by atoms with van der Waals surface area (Å²) in [6.07, 6.45) is 13.9. The summed E-state index contributed by atoms with van der Waals surface area (Å²) in [5.41, 5.74) is 5.75. The zero-order valence-electron chi connectivity index (χ0n) is 23.1. The van der Waals surface area contributed by atoms with E-state index < -0.39 is 0 Å². The van der Waals surface area contributed by atoms with E-state index in [0.29, 0.717) is 0 Å². The molecule has 2 aliphatic rings. The van der Waals surface area contributed by atoms with Gasteiger partial charge in [0.15, 0.2) is 0 Å². The fourth-order valence-electron chi connectivity index (χ4n) is 5.92. The lowest BCUT2D eigenvalue weighted by atomic mass is 9.75. The van der Waals surface area contributed by atoms with E-state index in [0.717, 1.165) is 25.9 Å². The van der Waals surface area contributed by atoms with Crippen molar-refractivity contribution >= 4 is 55.9 Å². The summed E-state index contributed by atoms with van der Waals surface area (Å²) in [5.74, 6) is 0. The first kappa shape index (κ1) is 28.2. The third kappa shape index (κ3) is 5.63. The molecule has 0 fully saturated rings. The third-order valence-electron chi connectivity index (χ3n) is 7.48. The van der Waals surface area contributed by atoms with Gasteiger partial charge in [0.25, 0.3) is 5.01 Å². The van der Waals surface area contributed by atoms with Gasteiger partial charge < -0.3 is 28.9 Å². The molecule has 0 amide bonds. The average Bonchev–Trinajstić information content (AvgIpc) is 3.44. The molecule has 5 heteroatoms. The van der Waals surface area contributed by atoms with Crippen LogP contribution in [-0.4, -0.2) is 6.54 Å². The molecule has 1 aliphatic heterocycles. The number of allylic oxidation sites excluding steroid dienone is 6. The lowest BCUT2D eigenvalue weighted by Crippen LogP contribution is -3.00. The number of para-hydroxylation sites is 1. The summed E-state index contributed by atoms with van der Waals surface area (Å²) < 4.78 is 3.86. The molecule has 0 atom stereocenters. The monoisotopic (exact) mass is 662 g/mol. The Morgan fingerprint density at radius 1 is 0.974 bits per heavy atom. The second-order valence-electron chi connectivity index (χ2n) is 11.0. The quantitative estimate of drug-likeness (QED) is 0.178. The van der Waals surface area contributed by atoms with Crippen LogP contribution in [0.2, 0.25) is 0 Å². The van der Waals surface area contributed by atoms with E-state index in [4.69, 9.17) is 0 Å². The molecule has 1 aromatic heterocycles. The molecular weight excluding hydrogens is 627 g/mol. The topological polar surface area (TPSA) is 7.12 Å². The minimum atomic E-state index is 0. The normalized spacial score (nSPS) is 18.8. The van der Waals surface area contributed by atoms with Crippen molar-refractivity contribution in [1.29, 1.82) is 0 Å². The SMILES string of the molecule is CCN1/C(=C/C=C/C2=CC(=C/c3sc4ccc5ccccc5c4[n+]3CC)/CC(C)(C)C2)Sc2ccccc21.[I-]. The Hall–Kier alpha value is -2.35. The maximum atomic E-state index is 2.50. The highest BCUT2D eigenvalue weighted by Gasteiger charge is 2.27. The highest BCUT2D eigenvalue weighted by molar-refractivity contribution is 8.03. The molecule has 0 spiro atoms. The molecule has 4 aromatic rings. The molecule has 2 heterocycles. The van der Waals surface area contributed by atoms with Crippen molar-refractivity contribution in [1.82, 2.24) is 0 Å². The van der Waals surface area contributed by atoms with Crippen LogP contribution in [0, 0.1) is 5.41 Å². The highest BCUT2D eigenvalue weighted by atomic mass is 127. The predicted octanol–water partition coefficient (Wildman–Crippen LogP) is 6.53. The van der Waals surface area contributed by atoms with Crippen LogP contribution in [0.15, 0.2) is 106 Å². The molecular formula is C34H35IN2S2. The molecule has 1 aliphatic carbocycles. The van der Waals surface area contributed by atoms with E-state index in [1.54, 1.807) is 0 Å². The molecule has 0 saturated heterocycles. The lowest BCUT2D eigenvalue weighted by Gasteiger charge is -2.30. The number of thioether (sulfide) groups is 1. The summed E-state index contributed by atoms with van der Waals surface area (Å²) in [6.45, 7) is 11.2. The van der Waals surface area contributed by atoms with Crippen molar-refractivity contribution in [2.24, 2.45) is 5.41 Å². The number of nitrogens with zero attached hydrogens (tertiary/aromatic N) is 2. The summed E-state index contributed by atoms with van der Waals surface area (Å²) in [7, 11) is 0. The van der Waals surface area contributed by atoms with E-state index in [1.165, 1.54) is 52.8 Å². The zero-order valence-corrected chi connectivity index (χ0v) is 26.9. The van der Waals surface area contributed by atoms with Gasteiger partial charge >= 0.3 is 0 Å². The van der Waals surface area contributed by atoms with Crippen molar-refractivity contribution in [2.45, 2.75) is 52.0 Å². The Bertz CT molecular complexity index is 1650. The highest BCUT2D eigenvalue weighted by Crippen LogP contribution is 2.45. The van der Waals surface area contributed by atoms with Gasteiger partial charge in [0.05, 0.1) is 16.1 Å². The number of rotatable bonds is 5. The van der Waals surface area contributed by atoms with Gasteiger partial charge in [-0.3, -0.25) is 0 Å². The van der Waals surface area contributed by atoms with Crippen molar-refractivity contribution in [3.05, 3.63) is 106 Å². The summed E-state index contributed by atoms with van der Waals surface area (Å²) in [4.78, 5) is 3.75. The molecule has 3 aromatic carbocycles. The predicted molar refractivity (Wildman–Crippen MR) is 167 cm³/mol. The summed E-state index contributed by atoms with van der Waals surface area (Å²) >= 11 is 3.78. The number of benzene rings is 3. The maximum absolute atomic E-state index is 2.50.